The average Bonchev–Trinajstić information content (AvgIpc) is 2.72. The fraction of sp³-hybridized carbons (Fsp3) is 0.550. The van der Waals surface area contributed by atoms with Crippen LogP contribution in [0.5, 0.6) is 17.2 Å². The van der Waals surface area contributed by atoms with Crippen LogP contribution in [0.1, 0.15) is 33.6 Å². The number of carbonyl (C=O) groups is 1. The normalized spacial score (nSPS) is 11.1. The Kier molecular flexibility index (Phi) is 8.31. The van der Waals surface area contributed by atoms with Crippen LogP contribution < -0.4 is 36.1 Å². The Bertz CT molecular complexity index is 900. The lowest BCUT2D eigenvalue weighted by atomic mass is 10.2. The first-order valence-electron chi connectivity index (χ1n) is 9.92. The highest BCUT2D eigenvalue weighted by Gasteiger charge is 2.20. The predicted octanol–water partition coefficient (Wildman–Crippen LogP) is 2.66. The van der Waals surface area contributed by atoms with Crippen molar-refractivity contribution < 1.29 is 23.7 Å². The monoisotopic (exact) mass is 436 g/mol. The number of ether oxygens (including phenoxy) is 4. The van der Waals surface area contributed by atoms with Gasteiger partial charge in [0, 0.05) is 19.2 Å². The summed E-state index contributed by atoms with van der Waals surface area (Å²) < 4.78 is 21.4. The molecule has 1 aromatic heterocycles. The summed E-state index contributed by atoms with van der Waals surface area (Å²) in [6, 6.07) is 1.72. The Hall–Kier alpha value is -3.21. The quantitative estimate of drug-likeness (QED) is 0.249. The minimum absolute atomic E-state index is 0.366. The lowest BCUT2D eigenvalue weighted by Crippen LogP contribution is -2.33. The summed E-state index contributed by atoms with van der Waals surface area (Å²) >= 11 is 0. The Balaban J connectivity index is 2.05. The van der Waals surface area contributed by atoms with Crippen molar-refractivity contribution in [2.24, 2.45) is 5.84 Å². The fourth-order valence-electron chi connectivity index (χ4n) is 2.84. The molecule has 0 spiro atoms. The molecule has 0 radical (unpaired) electrons. The Labute approximate surface area is 182 Å². The molecule has 2 rings (SSSR count). The largest absolute Gasteiger partial charge is 0.493 e. The van der Waals surface area contributed by atoms with Crippen molar-refractivity contribution in [1.29, 1.82) is 0 Å². The van der Waals surface area contributed by atoms with Crippen molar-refractivity contribution >= 4 is 28.8 Å². The van der Waals surface area contributed by atoms with E-state index in [-0.39, 0.29) is 0 Å². The van der Waals surface area contributed by atoms with Crippen LogP contribution in [-0.4, -0.2) is 56.1 Å². The third-order valence-corrected chi connectivity index (χ3v) is 4.16. The van der Waals surface area contributed by atoms with E-state index in [1.54, 1.807) is 6.07 Å². The molecule has 1 amide bonds. The number of alkyl carbamates (subject to hydrolysis) is 1. The van der Waals surface area contributed by atoms with E-state index in [1.165, 1.54) is 21.3 Å². The van der Waals surface area contributed by atoms with E-state index in [0.29, 0.717) is 53.0 Å². The number of nitrogens with one attached hydrogen (secondary N) is 3. The van der Waals surface area contributed by atoms with Crippen molar-refractivity contribution in [2.75, 3.05) is 45.2 Å². The fourth-order valence-corrected chi connectivity index (χ4v) is 2.84. The Morgan fingerprint density at radius 3 is 2.26 bits per heavy atom. The van der Waals surface area contributed by atoms with Gasteiger partial charge < -0.3 is 35.0 Å². The molecule has 11 nitrogen and oxygen atoms in total. The molecule has 2 aromatic rings. The van der Waals surface area contributed by atoms with Gasteiger partial charge in [-0.3, -0.25) is 0 Å². The molecular weight excluding hydrogens is 404 g/mol. The number of nitrogen functional groups attached to an aromatic ring is 1. The summed E-state index contributed by atoms with van der Waals surface area (Å²) in [6.07, 6.45) is 1.13. The predicted molar refractivity (Wildman–Crippen MR) is 119 cm³/mol. The summed E-state index contributed by atoms with van der Waals surface area (Å²) in [5, 5.41) is 5.95. The van der Waals surface area contributed by atoms with Crippen LogP contribution in [0.4, 0.5) is 16.4 Å². The zero-order valence-electron chi connectivity index (χ0n) is 18.9. The maximum Gasteiger partial charge on any atom is 0.407 e. The van der Waals surface area contributed by atoms with Gasteiger partial charge in [-0.05, 0) is 33.6 Å². The van der Waals surface area contributed by atoms with Crippen LogP contribution >= 0.6 is 0 Å². The summed E-state index contributed by atoms with van der Waals surface area (Å²) in [4.78, 5) is 20.8. The number of nitrogens with zero attached hydrogens (tertiary/aromatic N) is 2. The van der Waals surface area contributed by atoms with Gasteiger partial charge in [-0.1, -0.05) is 0 Å². The highest BCUT2D eigenvalue weighted by Crippen LogP contribution is 2.42. The minimum atomic E-state index is -0.513. The standard InChI is InChI=1S/C20H32N6O5/c1-20(2,3)31-19(27)23-10-8-7-9-22-17-18(26-21)25-14-12(24-17)11-13(28-4)15(29-5)16(14)30-6/h11H,7-10,21H2,1-6H3,(H,22,24)(H,23,27)(H,25,26). The lowest BCUT2D eigenvalue weighted by molar-refractivity contribution is 0.0527. The van der Waals surface area contributed by atoms with Crippen molar-refractivity contribution in [3.8, 4) is 17.2 Å². The van der Waals surface area contributed by atoms with Crippen molar-refractivity contribution in [3.05, 3.63) is 6.07 Å². The van der Waals surface area contributed by atoms with E-state index in [0.717, 1.165) is 12.8 Å². The number of benzene rings is 1. The number of methoxy groups -OCH3 is 3. The van der Waals surface area contributed by atoms with Crippen LogP contribution in [0.25, 0.3) is 11.0 Å². The number of anilines is 2. The van der Waals surface area contributed by atoms with E-state index in [1.807, 2.05) is 20.8 Å². The molecule has 0 aliphatic rings. The number of aromatic nitrogens is 2. The van der Waals surface area contributed by atoms with Gasteiger partial charge in [0.05, 0.1) is 26.8 Å². The molecule has 1 aromatic carbocycles. The number of carbonyl (C=O) groups excluding carboxylic acids is 1. The van der Waals surface area contributed by atoms with Crippen LogP contribution in [0, 0.1) is 0 Å². The van der Waals surface area contributed by atoms with Crippen LogP contribution in [0.2, 0.25) is 0 Å². The molecule has 0 aliphatic heterocycles. The van der Waals surface area contributed by atoms with Gasteiger partial charge in [-0.2, -0.15) is 0 Å². The first-order valence-corrected chi connectivity index (χ1v) is 9.92. The number of nitrogens with two attached hydrogens (primary N) is 1. The lowest BCUT2D eigenvalue weighted by Gasteiger charge is -2.19. The van der Waals surface area contributed by atoms with Crippen molar-refractivity contribution in [2.45, 2.75) is 39.2 Å². The summed E-state index contributed by atoms with van der Waals surface area (Å²) in [6.45, 7) is 6.59. The molecular formula is C20H32N6O5. The Morgan fingerprint density at radius 1 is 1.00 bits per heavy atom. The van der Waals surface area contributed by atoms with Gasteiger partial charge in [-0.25, -0.2) is 20.6 Å². The highest BCUT2D eigenvalue weighted by molar-refractivity contribution is 5.90. The van der Waals surface area contributed by atoms with E-state index >= 15 is 0 Å². The number of hydrazine groups is 1. The van der Waals surface area contributed by atoms with Gasteiger partial charge in [-0.15, -0.1) is 0 Å². The average molecular weight is 437 g/mol. The third kappa shape index (κ3) is 6.38. The van der Waals surface area contributed by atoms with Gasteiger partial charge in [0.1, 0.15) is 11.1 Å². The SMILES string of the molecule is COc1cc2nc(NCCCCNC(=O)OC(C)(C)C)c(NN)nc2c(OC)c1OC. The number of fused-ring (bicyclic) bond motifs is 1. The number of hydrogen-bond acceptors (Lipinski definition) is 10. The zero-order chi connectivity index (χ0) is 23.0. The van der Waals surface area contributed by atoms with E-state index in [9.17, 15) is 4.79 Å². The first-order chi connectivity index (χ1) is 14.7. The second-order valence-corrected chi connectivity index (χ2v) is 7.64. The van der Waals surface area contributed by atoms with Crippen LogP contribution in [-0.2, 0) is 4.74 Å². The molecule has 0 saturated heterocycles. The molecule has 0 bridgehead atoms. The molecule has 0 unspecified atom stereocenters. The number of unbranched alkanes of at least 4 members (excludes halogenated alkanes) is 1. The molecule has 172 valence electrons. The van der Waals surface area contributed by atoms with E-state index in [2.05, 4.69) is 26.0 Å². The van der Waals surface area contributed by atoms with E-state index in [4.69, 9.17) is 24.8 Å². The van der Waals surface area contributed by atoms with Crippen LogP contribution in [0.15, 0.2) is 6.07 Å². The second kappa shape index (κ2) is 10.7. The number of amides is 1. The number of hydrogen-bond donors (Lipinski definition) is 4. The van der Waals surface area contributed by atoms with Gasteiger partial charge >= 0.3 is 6.09 Å². The topological polar surface area (TPSA) is 142 Å². The maximum atomic E-state index is 11.7. The smallest absolute Gasteiger partial charge is 0.407 e. The molecule has 0 saturated carbocycles. The zero-order valence-corrected chi connectivity index (χ0v) is 18.9. The highest BCUT2D eigenvalue weighted by atomic mass is 16.6. The molecule has 31 heavy (non-hydrogen) atoms. The first kappa shape index (κ1) is 24.1. The molecule has 1 heterocycles. The summed E-state index contributed by atoms with van der Waals surface area (Å²) in [5.74, 6) is 7.81. The Morgan fingerprint density at radius 2 is 1.68 bits per heavy atom. The van der Waals surface area contributed by atoms with E-state index < -0.39 is 11.7 Å². The minimum Gasteiger partial charge on any atom is -0.493 e. The molecule has 11 heteroatoms. The summed E-state index contributed by atoms with van der Waals surface area (Å²) in [7, 11) is 4.58. The third-order valence-electron chi connectivity index (χ3n) is 4.16. The second-order valence-electron chi connectivity index (χ2n) is 7.64. The molecule has 0 fully saturated rings. The van der Waals surface area contributed by atoms with Gasteiger partial charge in [0.25, 0.3) is 0 Å². The van der Waals surface area contributed by atoms with Crippen molar-refractivity contribution in [1.82, 2.24) is 15.3 Å². The molecule has 5 N–H and O–H groups in total. The molecule has 0 atom stereocenters. The molecule has 0 aliphatic carbocycles. The summed E-state index contributed by atoms with van der Waals surface area (Å²) in [5.41, 5.74) is 3.09. The maximum absolute atomic E-state index is 11.7. The van der Waals surface area contributed by atoms with Gasteiger partial charge in [0.2, 0.25) is 5.75 Å². The van der Waals surface area contributed by atoms with Crippen LogP contribution in [0.3, 0.4) is 0 Å². The number of rotatable bonds is 10. The van der Waals surface area contributed by atoms with Crippen molar-refractivity contribution in [3.63, 3.8) is 0 Å². The van der Waals surface area contributed by atoms with Gasteiger partial charge in [0.15, 0.2) is 23.1 Å².